The summed E-state index contributed by atoms with van der Waals surface area (Å²) in [6, 6.07) is 9.73. The zero-order valence-corrected chi connectivity index (χ0v) is 16.0. The normalized spacial score (nSPS) is 11.1. The number of benzene rings is 2. The van der Waals surface area contributed by atoms with E-state index in [9.17, 15) is 5.11 Å². The van der Waals surface area contributed by atoms with Gasteiger partial charge in [0.05, 0.1) is 6.61 Å². The predicted molar refractivity (Wildman–Crippen MR) is 108 cm³/mol. The molecule has 0 spiro atoms. The van der Waals surface area contributed by atoms with Gasteiger partial charge in [-0.25, -0.2) is 0 Å². The summed E-state index contributed by atoms with van der Waals surface area (Å²) in [5.41, 5.74) is 1.15. The van der Waals surface area contributed by atoms with Gasteiger partial charge in [0.25, 0.3) is 0 Å². The molecule has 0 saturated heterocycles. The van der Waals surface area contributed by atoms with Crippen LogP contribution < -0.4 is 4.74 Å². The minimum absolute atomic E-state index is 0.324. The van der Waals surface area contributed by atoms with Crippen molar-refractivity contribution < 1.29 is 9.84 Å². The molecule has 0 aromatic heterocycles. The topological polar surface area (TPSA) is 29.5 Å². The van der Waals surface area contributed by atoms with Crippen molar-refractivity contribution in [1.82, 2.24) is 0 Å². The quantitative estimate of drug-likeness (QED) is 0.415. The Morgan fingerprint density at radius 1 is 0.760 bits per heavy atom. The Balaban J connectivity index is 1.64. The third-order valence-electron chi connectivity index (χ3n) is 4.86. The van der Waals surface area contributed by atoms with E-state index < -0.39 is 0 Å². The summed E-state index contributed by atoms with van der Waals surface area (Å²) in [6.07, 6.45) is 13.3. The molecule has 0 bridgehead atoms. The van der Waals surface area contributed by atoms with Crippen molar-refractivity contribution in [2.24, 2.45) is 0 Å². The number of phenolic OH excluding ortho intramolecular Hbond substituents is 1. The number of unbranched alkanes of at least 4 members (excludes halogenated alkanes) is 9. The van der Waals surface area contributed by atoms with Gasteiger partial charge in [0.15, 0.2) is 0 Å². The summed E-state index contributed by atoms with van der Waals surface area (Å²) in [7, 11) is 0. The highest BCUT2D eigenvalue weighted by Crippen LogP contribution is 2.33. The third kappa shape index (κ3) is 6.61. The van der Waals surface area contributed by atoms with Gasteiger partial charge < -0.3 is 9.84 Å². The van der Waals surface area contributed by atoms with Gasteiger partial charge in [-0.2, -0.15) is 0 Å². The van der Waals surface area contributed by atoms with E-state index in [0.717, 1.165) is 35.1 Å². The molecule has 0 atom stereocenters. The van der Waals surface area contributed by atoms with Gasteiger partial charge in [-0.15, -0.1) is 0 Å². The molecule has 2 rings (SSSR count). The molecule has 2 aromatic rings. The van der Waals surface area contributed by atoms with Crippen molar-refractivity contribution in [1.29, 1.82) is 0 Å². The monoisotopic (exact) mass is 342 g/mol. The summed E-state index contributed by atoms with van der Waals surface area (Å²) in [5, 5.41) is 11.9. The first-order chi connectivity index (χ1) is 12.2. The van der Waals surface area contributed by atoms with E-state index in [2.05, 4.69) is 13.0 Å². The van der Waals surface area contributed by atoms with Crippen LogP contribution in [0.3, 0.4) is 0 Å². The third-order valence-corrected chi connectivity index (χ3v) is 4.86. The maximum Gasteiger partial charge on any atom is 0.127 e. The van der Waals surface area contributed by atoms with Gasteiger partial charge in [0, 0.05) is 10.8 Å². The van der Waals surface area contributed by atoms with E-state index in [1.54, 1.807) is 6.07 Å². The molecular weight excluding hydrogens is 308 g/mol. The number of rotatable bonds is 12. The molecule has 0 radical (unpaired) electrons. The van der Waals surface area contributed by atoms with Crippen LogP contribution in [0, 0.1) is 6.92 Å². The fourth-order valence-electron chi connectivity index (χ4n) is 3.32. The van der Waals surface area contributed by atoms with E-state index in [-0.39, 0.29) is 0 Å². The van der Waals surface area contributed by atoms with Crippen LogP contribution in [0.1, 0.15) is 76.7 Å². The Labute approximate surface area is 153 Å². The van der Waals surface area contributed by atoms with Crippen molar-refractivity contribution >= 4 is 10.8 Å². The van der Waals surface area contributed by atoms with Gasteiger partial charge >= 0.3 is 0 Å². The lowest BCUT2D eigenvalue weighted by molar-refractivity contribution is 0.307. The summed E-state index contributed by atoms with van der Waals surface area (Å²) >= 11 is 0. The van der Waals surface area contributed by atoms with Crippen molar-refractivity contribution in [3.05, 3.63) is 35.9 Å². The Bertz CT molecular complexity index is 633. The van der Waals surface area contributed by atoms with Gasteiger partial charge in [-0.1, -0.05) is 82.4 Å². The van der Waals surface area contributed by atoms with Crippen molar-refractivity contribution in [2.45, 2.75) is 78.1 Å². The van der Waals surface area contributed by atoms with Crippen molar-refractivity contribution in [3.63, 3.8) is 0 Å². The molecule has 0 aliphatic carbocycles. The molecule has 1 N–H and O–H groups in total. The van der Waals surface area contributed by atoms with E-state index in [0.29, 0.717) is 5.75 Å². The highest BCUT2D eigenvalue weighted by Gasteiger charge is 2.06. The molecule has 0 heterocycles. The number of aryl methyl sites for hydroxylation is 1. The second-order valence-electron chi connectivity index (χ2n) is 7.16. The zero-order chi connectivity index (χ0) is 17.9. The summed E-state index contributed by atoms with van der Waals surface area (Å²) in [6.45, 7) is 5.06. The van der Waals surface area contributed by atoms with Crippen LogP contribution in [-0.2, 0) is 0 Å². The van der Waals surface area contributed by atoms with E-state index in [4.69, 9.17) is 4.74 Å². The molecule has 138 valence electrons. The molecule has 0 aliphatic rings. The fourth-order valence-corrected chi connectivity index (χ4v) is 3.32. The van der Waals surface area contributed by atoms with Crippen LogP contribution in [0.15, 0.2) is 30.3 Å². The number of hydrogen-bond acceptors (Lipinski definition) is 2. The number of phenols is 1. The molecule has 0 aliphatic heterocycles. The van der Waals surface area contributed by atoms with Crippen molar-refractivity contribution in [3.8, 4) is 11.5 Å². The Kier molecular flexibility index (Phi) is 8.65. The summed E-state index contributed by atoms with van der Waals surface area (Å²) in [5.74, 6) is 1.20. The van der Waals surface area contributed by atoms with Crippen LogP contribution in [-0.4, -0.2) is 11.7 Å². The van der Waals surface area contributed by atoms with Crippen LogP contribution in [0.5, 0.6) is 11.5 Å². The molecule has 0 saturated carbocycles. The lowest BCUT2D eigenvalue weighted by Crippen LogP contribution is -1.98. The first kappa shape index (κ1) is 19.6. The first-order valence-electron chi connectivity index (χ1n) is 10.1. The lowest BCUT2D eigenvalue weighted by Gasteiger charge is -2.11. The average Bonchev–Trinajstić information content (AvgIpc) is 2.61. The second-order valence-corrected chi connectivity index (χ2v) is 7.16. The minimum atomic E-state index is 0.324. The number of fused-ring (bicyclic) bond motifs is 1. The highest BCUT2D eigenvalue weighted by atomic mass is 16.5. The van der Waals surface area contributed by atoms with Gasteiger partial charge in [-0.05, 0) is 31.5 Å². The average molecular weight is 343 g/mol. The molecular formula is C23H34O2. The van der Waals surface area contributed by atoms with E-state index in [1.807, 2.05) is 25.1 Å². The molecule has 2 aromatic carbocycles. The Hall–Kier alpha value is -1.70. The molecule has 2 nitrogen and oxygen atoms in total. The van der Waals surface area contributed by atoms with Gasteiger partial charge in [0.1, 0.15) is 11.5 Å². The summed E-state index contributed by atoms with van der Waals surface area (Å²) in [4.78, 5) is 0. The standard InChI is InChI=1S/C23H34O2/c1-3-4-5-6-7-8-9-10-11-12-17-25-23-16-15-22(24)21-18-19(2)13-14-20(21)23/h13-16,18,24H,3-12,17H2,1-2H3. The molecule has 0 unspecified atom stereocenters. The van der Waals surface area contributed by atoms with Crippen LogP contribution in [0.25, 0.3) is 10.8 Å². The molecule has 0 fully saturated rings. The molecule has 2 heteroatoms. The molecule has 0 amide bonds. The SMILES string of the molecule is CCCCCCCCCCCCOc1ccc(O)c2cc(C)ccc12. The van der Waals surface area contributed by atoms with E-state index >= 15 is 0 Å². The highest BCUT2D eigenvalue weighted by molar-refractivity contribution is 5.93. The number of aromatic hydroxyl groups is 1. The largest absolute Gasteiger partial charge is 0.507 e. The van der Waals surface area contributed by atoms with Crippen LogP contribution >= 0.6 is 0 Å². The number of hydrogen-bond donors (Lipinski definition) is 1. The van der Waals surface area contributed by atoms with Gasteiger partial charge in [-0.3, -0.25) is 0 Å². The number of ether oxygens (including phenoxy) is 1. The van der Waals surface area contributed by atoms with E-state index in [1.165, 1.54) is 57.8 Å². The smallest absolute Gasteiger partial charge is 0.127 e. The Morgan fingerprint density at radius 2 is 1.40 bits per heavy atom. The van der Waals surface area contributed by atoms with Crippen molar-refractivity contribution in [2.75, 3.05) is 6.61 Å². The predicted octanol–water partition coefficient (Wildman–Crippen LogP) is 7.15. The second kappa shape index (κ2) is 11.0. The van der Waals surface area contributed by atoms with Crippen LogP contribution in [0.2, 0.25) is 0 Å². The maximum atomic E-state index is 10.0. The van der Waals surface area contributed by atoms with Crippen LogP contribution in [0.4, 0.5) is 0 Å². The zero-order valence-electron chi connectivity index (χ0n) is 16.0. The Morgan fingerprint density at radius 3 is 2.08 bits per heavy atom. The minimum Gasteiger partial charge on any atom is -0.507 e. The van der Waals surface area contributed by atoms with Gasteiger partial charge in [0.2, 0.25) is 0 Å². The maximum absolute atomic E-state index is 10.0. The fraction of sp³-hybridized carbons (Fsp3) is 0.565. The first-order valence-corrected chi connectivity index (χ1v) is 10.1. The lowest BCUT2D eigenvalue weighted by atomic mass is 10.1. The molecule has 25 heavy (non-hydrogen) atoms. The summed E-state index contributed by atoms with van der Waals surface area (Å²) < 4.78 is 5.98.